The number of nitrogens with zero attached hydrogens (tertiary/aromatic N) is 1. The Hall–Kier alpha value is -1.60. The van der Waals surface area contributed by atoms with Crippen LogP contribution in [0.5, 0.6) is 0 Å². The highest BCUT2D eigenvalue weighted by Gasteiger charge is 2.36. The highest BCUT2D eigenvalue weighted by molar-refractivity contribution is 5.77. The molecule has 2 rings (SSSR count). The Bertz CT molecular complexity index is 519. The van der Waals surface area contributed by atoms with Crippen LogP contribution in [-0.2, 0) is 20.4 Å². The van der Waals surface area contributed by atoms with Gasteiger partial charge in [-0.3, -0.25) is 4.79 Å². The maximum absolute atomic E-state index is 13.1. The van der Waals surface area contributed by atoms with Gasteiger partial charge in [-0.15, -0.1) is 0 Å². The zero-order chi connectivity index (χ0) is 16.2. The second-order valence-corrected chi connectivity index (χ2v) is 4.92. The zero-order valence-corrected chi connectivity index (χ0v) is 12.2. The van der Waals surface area contributed by atoms with Crippen LogP contribution in [0.3, 0.4) is 0 Å². The molecule has 0 aliphatic carbocycles. The second-order valence-electron chi connectivity index (χ2n) is 4.92. The van der Waals surface area contributed by atoms with E-state index in [1.807, 2.05) is 0 Å². The summed E-state index contributed by atoms with van der Waals surface area (Å²) in [4.78, 5) is 13.4. The third-order valence-electron chi connectivity index (χ3n) is 3.46. The Morgan fingerprint density at radius 3 is 2.82 bits per heavy atom. The third kappa shape index (κ3) is 3.98. The second kappa shape index (κ2) is 7.11. The lowest BCUT2D eigenvalue weighted by Crippen LogP contribution is -2.44. The fraction of sp³-hybridized carbons (Fsp3) is 0.533. The van der Waals surface area contributed by atoms with E-state index in [-0.39, 0.29) is 31.2 Å². The average molecular weight is 317 g/mol. The van der Waals surface area contributed by atoms with E-state index in [1.54, 1.807) is 6.92 Å². The standard InChI is InChI=1S/C15H18F3NO3/c1-2-21-10-14(20)19-7-8-22-13(9-19)11-5-3-4-6-12(11)15(16,17)18/h3-6,13H,2,7-10H2,1H3/t13-/m0/s1. The van der Waals surface area contributed by atoms with E-state index in [4.69, 9.17) is 9.47 Å². The lowest BCUT2D eigenvalue weighted by Gasteiger charge is -2.34. The van der Waals surface area contributed by atoms with Crippen LogP contribution in [0, 0.1) is 0 Å². The lowest BCUT2D eigenvalue weighted by atomic mass is 10.0. The molecular weight excluding hydrogens is 299 g/mol. The molecule has 7 heteroatoms. The molecule has 0 N–H and O–H groups in total. The van der Waals surface area contributed by atoms with Gasteiger partial charge >= 0.3 is 6.18 Å². The van der Waals surface area contributed by atoms with Crippen LogP contribution in [0.4, 0.5) is 13.2 Å². The molecule has 1 aliphatic rings. The Morgan fingerprint density at radius 2 is 2.14 bits per heavy atom. The molecule has 1 heterocycles. The molecular formula is C15H18F3NO3. The van der Waals surface area contributed by atoms with Crippen molar-refractivity contribution in [2.75, 3.05) is 32.9 Å². The predicted octanol–water partition coefficient (Wildman–Crippen LogP) is 2.64. The van der Waals surface area contributed by atoms with Crippen molar-refractivity contribution in [2.24, 2.45) is 0 Å². The molecule has 1 aromatic carbocycles. The number of alkyl halides is 3. The van der Waals surface area contributed by atoms with Crippen LogP contribution in [0.15, 0.2) is 24.3 Å². The number of benzene rings is 1. The smallest absolute Gasteiger partial charge is 0.372 e. The molecule has 0 saturated carbocycles. The van der Waals surface area contributed by atoms with E-state index in [1.165, 1.54) is 23.1 Å². The molecule has 122 valence electrons. The number of hydrogen-bond acceptors (Lipinski definition) is 3. The zero-order valence-electron chi connectivity index (χ0n) is 12.2. The maximum Gasteiger partial charge on any atom is 0.416 e. The summed E-state index contributed by atoms with van der Waals surface area (Å²) in [5.74, 6) is -0.236. The molecule has 1 saturated heterocycles. The van der Waals surface area contributed by atoms with Crippen LogP contribution >= 0.6 is 0 Å². The van der Waals surface area contributed by atoms with Crippen molar-refractivity contribution >= 4 is 5.91 Å². The van der Waals surface area contributed by atoms with Gasteiger partial charge in [0, 0.05) is 13.2 Å². The van der Waals surface area contributed by atoms with Gasteiger partial charge in [0.25, 0.3) is 0 Å². The van der Waals surface area contributed by atoms with Gasteiger partial charge in [-0.05, 0) is 18.6 Å². The number of morpholine rings is 1. The fourth-order valence-electron chi connectivity index (χ4n) is 2.38. The molecule has 4 nitrogen and oxygen atoms in total. The molecule has 0 unspecified atom stereocenters. The van der Waals surface area contributed by atoms with Gasteiger partial charge in [0.15, 0.2) is 0 Å². The summed E-state index contributed by atoms with van der Waals surface area (Å²) in [6.07, 6.45) is -5.23. The number of rotatable bonds is 4. The van der Waals surface area contributed by atoms with Crippen molar-refractivity contribution in [3.63, 3.8) is 0 Å². The predicted molar refractivity (Wildman–Crippen MR) is 73.2 cm³/mol. The molecule has 0 aromatic heterocycles. The third-order valence-corrected chi connectivity index (χ3v) is 3.46. The number of amides is 1. The first kappa shape index (κ1) is 16.8. The Labute approximate surface area is 126 Å². The first-order chi connectivity index (χ1) is 10.4. The maximum atomic E-state index is 13.1. The molecule has 22 heavy (non-hydrogen) atoms. The lowest BCUT2D eigenvalue weighted by molar-refractivity contribution is -0.146. The van der Waals surface area contributed by atoms with Crippen molar-refractivity contribution in [3.8, 4) is 0 Å². The first-order valence-electron chi connectivity index (χ1n) is 7.06. The SMILES string of the molecule is CCOCC(=O)N1CCO[C@H](c2ccccc2C(F)(F)F)C1. The summed E-state index contributed by atoms with van der Waals surface area (Å²) in [5, 5.41) is 0. The van der Waals surface area contributed by atoms with Crippen molar-refractivity contribution in [1.82, 2.24) is 4.90 Å². The van der Waals surface area contributed by atoms with Crippen LogP contribution in [0.25, 0.3) is 0 Å². The molecule has 0 spiro atoms. The molecule has 1 atom stereocenters. The van der Waals surface area contributed by atoms with Crippen molar-refractivity contribution < 1.29 is 27.4 Å². The number of carbonyl (C=O) groups is 1. The average Bonchev–Trinajstić information content (AvgIpc) is 2.52. The summed E-state index contributed by atoms with van der Waals surface area (Å²) in [5.41, 5.74) is -0.664. The number of carbonyl (C=O) groups excluding carboxylic acids is 1. The molecule has 0 radical (unpaired) electrons. The summed E-state index contributed by atoms with van der Waals surface area (Å²) in [7, 11) is 0. The van der Waals surface area contributed by atoms with E-state index in [0.29, 0.717) is 13.2 Å². The van der Waals surface area contributed by atoms with Crippen molar-refractivity contribution in [3.05, 3.63) is 35.4 Å². The van der Waals surface area contributed by atoms with E-state index in [9.17, 15) is 18.0 Å². The van der Waals surface area contributed by atoms with Gasteiger partial charge in [-0.25, -0.2) is 0 Å². The normalized spacial score (nSPS) is 19.3. The summed E-state index contributed by atoms with van der Waals surface area (Å²) in [6.45, 7) is 2.78. The number of hydrogen-bond donors (Lipinski definition) is 0. The van der Waals surface area contributed by atoms with Crippen LogP contribution in [0.1, 0.15) is 24.2 Å². The summed E-state index contributed by atoms with van der Waals surface area (Å²) >= 11 is 0. The molecule has 1 aromatic rings. The Morgan fingerprint density at radius 1 is 1.41 bits per heavy atom. The van der Waals surface area contributed by atoms with E-state index < -0.39 is 17.8 Å². The van der Waals surface area contributed by atoms with Gasteiger partial charge in [0.05, 0.1) is 18.7 Å². The minimum absolute atomic E-state index is 0.0592. The van der Waals surface area contributed by atoms with Crippen LogP contribution < -0.4 is 0 Å². The minimum Gasteiger partial charge on any atom is -0.372 e. The summed E-state index contributed by atoms with van der Waals surface area (Å²) < 4.78 is 49.7. The molecule has 1 amide bonds. The highest BCUT2D eigenvalue weighted by atomic mass is 19.4. The van der Waals surface area contributed by atoms with E-state index >= 15 is 0 Å². The monoisotopic (exact) mass is 317 g/mol. The van der Waals surface area contributed by atoms with Crippen molar-refractivity contribution in [1.29, 1.82) is 0 Å². The number of ether oxygens (including phenoxy) is 2. The molecule has 1 fully saturated rings. The topological polar surface area (TPSA) is 38.8 Å². The molecule has 1 aliphatic heterocycles. The number of halogens is 3. The van der Waals surface area contributed by atoms with Gasteiger partial charge in [0.2, 0.25) is 5.91 Å². The Kier molecular flexibility index (Phi) is 5.42. The quantitative estimate of drug-likeness (QED) is 0.857. The van der Waals surface area contributed by atoms with Gasteiger partial charge in [-0.2, -0.15) is 13.2 Å². The largest absolute Gasteiger partial charge is 0.416 e. The first-order valence-corrected chi connectivity index (χ1v) is 7.06. The van der Waals surface area contributed by atoms with E-state index in [0.717, 1.165) is 6.07 Å². The summed E-state index contributed by atoms with van der Waals surface area (Å²) in [6, 6.07) is 5.30. The van der Waals surface area contributed by atoms with Gasteiger partial charge in [-0.1, -0.05) is 18.2 Å². The van der Waals surface area contributed by atoms with Crippen LogP contribution in [0.2, 0.25) is 0 Å². The highest BCUT2D eigenvalue weighted by Crippen LogP contribution is 2.36. The minimum atomic E-state index is -4.45. The van der Waals surface area contributed by atoms with Gasteiger partial charge in [0.1, 0.15) is 12.7 Å². The fourth-order valence-corrected chi connectivity index (χ4v) is 2.38. The Balaban J connectivity index is 2.15. The van der Waals surface area contributed by atoms with Crippen molar-refractivity contribution in [2.45, 2.75) is 19.2 Å². The molecule has 0 bridgehead atoms. The van der Waals surface area contributed by atoms with Gasteiger partial charge < -0.3 is 14.4 Å². The van der Waals surface area contributed by atoms with E-state index in [2.05, 4.69) is 0 Å². The van der Waals surface area contributed by atoms with Crippen LogP contribution in [-0.4, -0.2) is 43.7 Å².